The highest BCUT2D eigenvalue weighted by molar-refractivity contribution is 5.97. The minimum atomic E-state index is -0.402. The summed E-state index contributed by atoms with van der Waals surface area (Å²) in [6.07, 6.45) is 2.67. The smallest absolute Gasteiger partial charge is 0.319 e. The molecule has 126 valence electrons. The molecule has 3 N–H and O–H groups in total. The normalized spacial score (nSPS) is 13.0. The monoisotopic (exact) mass is 330 g/mol. The maximum Gasteiger partial charge on any atom is 0.319 e. The number of aryl methyl sites for hydroxylation is 2. The predicted molar refractivity (Wildman–Crippen MR) is 86.8 cm³/mol. The first-order valence-electron chi connectivity index (χ1n) is 7.46. The number of carbonyl (C=O) groups excluding carboxylic acids is 2. The molecule has 24 heavy (non-hydrogen) atoms. The molecule has 3 rings (SSSR count). The third-order valence-electron chi connectivity index (χ3n) is 3.65. The molecule has 0 aliphatic carbocycles. The highest BCUT2D eigenvalue weighted by Gasteiger charge is 2.18. The van der Waals surface area contributed by atoms with E-state index in [0.717, 1.165) is 5.56 Å². The summed E-state index contributed by atoms with van der Waals surface area (Å²) in [5.41, 5.74) is 2.81. The lowest BCUT2D eigenvalue weighted by molar-refractivity contribution is -0.116. The molecule has 0 spiro atoms. The van der Waals surface area contributed by atoms with E-state index in [1.807, 2.05) is 6.07 Å². The highest BCUT2D eigenvalue weighted by Crippen LogP contribution is 2.34. The van der Waals surface area contributed by atoms with Crippen molar-refractivity contribution in [2.75, 3.05) is 17.7 Å². The molecule has 0 saturated heterocycles. The molecule has 0 radical (unpaired) electrons. The van der Waals surface area contributed by atoms with Gasteiger partial charge in [0.25, 0.3) is 0 Å². The van der Waals surface area contributed by atoms with E-state index in [1.54, 1.807) is 19.3 Å². The maximum atomic E-state index is 12.1. The topological polar surface area (TPSA) is 110 Å². The van der Waals surface area contributed by atoms with Gasteiger partial charge in [-0.2, -0.15) is 15.0 Å². The first-order valence-corrected chi connectivity index (χ1v) is 7.46. The number of rotatable bonds is 4. The Hall–Kier alpha value is -3.10. The maximum absolute atomic E-state index is 12.1. The molecule has 0 fully saturated rings. The van der Waals surface area contributed by atoms with Gasteiger partial charge in [0.2, 0.25) is 5.91 Å². The predicted octanol–water partition coefficient (Wildman–Crippen LogP) is 1.03. The zero-order valence-electron chi connectivity index (χ0n) is 13.4. The molecular weight excluding hydrogens is 312 g/mol. The Labute approximate surface area is 138 Å². The van der Waals surface area contributed by atoms with Gasteiger partial charge in [-0.3, -0.25) is 4.79 Å². The summed E-state index contributed by atoms with van der Waals surface area (Å²) in [5, 5.41) is 16.2. The first kappa shape index (κ1) is 15.8. The van der Waals surface area contributed by atoms with Gasteiger partial charge in [-0.25, -0.2) is 4.79 Å². The minimum absolute atomic E-state index is 0.0364. The second kappa shape index (κ2) is 6.57. The lowest BCUT2D eigenvalue weighted by Gasteiger charge is -2.20. The number of ether oxygens (including phenoxy) is 1. The van der Waals surface area contributed by atoms with Crippen molar-refractivity contribution in [3.8, 4) is 5.75 Å². The Bertz CT molecular complexity index is 786. The molecule has 2 heterocycles. The molecule has 0 unspecified atom stereocenters. The Morgan fingerprint density at radius 2 is 2.25 bits per heavy atom. The summed E-state index contributed by atoms with van der Waals surface area (Å²) in [4.78, 5) is 25.0. The fraction of sp³-hybridized carbons (Fsp3) is 0.333. The number of anilines is 2. The van der Waals surface area contributed by atoms with E-state index in [2.05, 4.69) is 26.1 Å². The van der Waals surface area contributed by atoms with Gasteiger partial charge in [0.05, 0.1) is 25.5 Å². The molecule has 3 amide bonds. The van der Waals surface area contributed by atoms with E-state index in [1.165, 1.54) is 11.9 Å². The number of nitrogens with one attached hydrogen (secondary N) is 3. The van der Waals surface area contributed by atoms with Gasteiger partial charge < -0.3 is 20.7 Å². The van der Waals surface area contributed by atoms with Crippen molar-refractivity contribution in [2.24, 2.45) is 7.05 Å². The number of hydrogen-bond donors (Lipinski definition) is 3. The number of hydrogen-bond acceptors (Lipinski definition) is 5. The van der Waals surface area contributed by atoms with Crippen LogP contribution in [0.2, 0.25) is 0 Å². The zero-order chi connectivity index (χ0) is 17.1. The Kier molecular flexibility index (Phi) is 4.32. The van der Waals surface area contributed by atoms with Gasteiger partial charge in [-0.05, 0) is 24.1 Å². The van der Waals surface area contributed by atoms with Crippen LogP contribution in [0.25, 0.3) is 0 Å². The third kappa shape index (κ3) is 3.45. The average molecular weight is 330 g/mol. The van der Waals surface area contributed by atoms with Crippen LogP contribution in [0.15, 0.2) is 18.3 Å². The quantitative estimate of drug-likeness (QED) is 0.775. The second-order valence-electron chi connectivity index (χ2n) is 5.39. The van der Waals surface area contributed by atoms with Gasteiger partial charge in [0.1, 0.15) is 11.4 Å². The molecule has 9 heteroatoms. The number of amides is 3. The second-order valence-corrected chi connectivity index (χ2v) is 5.39. The number of methoxy groups -OCH3 is 1. The van der Waals surface area contributed by atoms with Gasteiger partial charge in [0, 0.05) is 19.2 Å². The Balaban J connectivity index is 1.70. The zero-order valence-corrected chi connectivity index (χ0v) is 13.4. The number of aromatic nitrogens is 3. The summed E-state index contributed by atoms with van der Waals surface area (Å²) in [5.74, 6) is 0.505. The summed E-state index contributed by atoms with van der Waals surface area (Å²) >= 11 is 0. The van der Waals surface area contributed by atoms with Gasteiger partial charge in [-0.1, -0.05) is 0 Å². The van der Waals surface area contributed by atoms with Crippen LogP contribution in [0.3, 0.4) is 0 Å². The SMILES string of the molecule is COc1cc2c(cc1NC(=O)NCc1cnn(C)n1)NC(=O)CC2. The third-order valence-corrected chi connectivity index (χ3v) is 3.65. The van der Waals surface area contributed by atoms with Gasteiger partial charge >= 0.3 is 6.03 Å². The summed E-state index contributed by atoms with van der Waals surface area (Å²) in [7, 11) is 3.24. The number of urea groups is 1. The van der Waals surface area contributed by atoms with Crippen molar-refractivity contribution < 1.29 is 14.3 Å². The van der Waals surface area contributed by atoms with Gasteiger partial charge in [-0.15, -0.1) is 0 Å². The lowest BCUT2D eigenvalue weighted by Crippen LogP contribution is -2.29. The number of fused-ring (bicyclic) bond motifs is 1. The Morgan fingerprint density at radius 1 is 1.42 bits per heavy atom. The van der Waals surface area contributed by atoms with E-state index in [0.29, 0.717) is 35.7 Å². The van der Waals surface area contributed by atoms with Crippen LogP contribution in [-0.2, 0) is 24.8 Å². The largest absolute Gasteiger partial charge is 0.495 e. The molecule has 1 aromatic carbocycles. The van der Waals surface area contributed by atoms with Crippen molar-refractivity contribution in [3.63, 3.8) is 0 Å². The molecule has 1 aliphatic rings. The lowest BCUT2D eigenvalue weighted by atomic mass is 10.0. The van der Waals surface area contributed by atoms with Gasteiger partial charge in [0.15, 0.2) is 0 Å². The van der Waals surface area contributed by atoms with Crippen molar-refractivity contribution in [1.82, 2.24) is 20.3 Å². The standard InChI is InChI=1S/C15H18N6O3/c1-21-17-8-10(20-21)7-16-15(23)19-12-6-11-9(5-13(12)24-2)3-4-14(22)18-11/h5-6,8H,3-4,7H2,1-2H3,(H,18,22)(H2,16,19,23). The van der Waals surface area contributed by atoms with Crippen LogP contribution in [0.4, 0.5) is 16.2 Å². The molecule has 0 bridgehead atoms. The van der Waals surface area contributed by atoms with E-state index in [9.17, 15) is 9.59 Å². The van der Waals surface area contributed by atoms with Crippen molar-refractivity contribution in [3.05, 3.63) is 29.6 Å². The van der Waals surface area contributed by atoms with Crippen LogP contribution in [-0.4, -0.2) is 34.0 Å². The molecule has 0 saturated carbocycles. The van der Waals surface area contributed by atoms with E-state index >= 15 is 0 Å². The highest BCUT2D eigenvalue weighted by atomic mass is 16.5. The van der Waals surface area contributed by atoms with Crippen LogP contribution in [0, 0.1) is 0 Å². The van der Waals surface area contributed by atoms with Crippen LogP contribution in [0.5, 0.6) is 5.75 Å². The molecular formula is C15H18N6O3. The molecule has 1 aromatic heterocycles. The molecule has 9 nitrogen and oxygen atoms in total. The fourth-order valence-electron chi connectivity index (χ4n) is 2.48. The van der Waals surface area contributed by atoms with E-state index in [4.69, 9.17) is 4.74 Å². The number of nitrogens with zero attached hydrogens (tertiary/aromatic N) is 3. The Morgan fingerprint density at radius 3 is 2.96 bits per heavy atom. The molecule has 1 aliphatic heterocycles. The first-order chi connectivity index (χ1) is 11.5. The average Bonchev–Trinajstić information content (AvgIpc) is 2.98. The van der Waals surface area contributed by atoms with Crippen LogP contribution < -0.4 is 20.7 Å². The minimum Gasteiger partial charge on any atom is -0.495 e. The number of benzene rings is 1. The van der Waals surface area contributed by atoms with Crippen molar-refractivity contribution in [1.29, 1.82) is 0 Å². The van der Waals surface area contributed by atoms with Crippen LogP contribution >= 0.6 is 0 Å². The molecule has 2 aromatic rings. The summed E-state index contributed by atoms with van der Waals surface area (Å²) in [6, 6.07) is 3.13. The summed E-state index contributed by atoms with van der Waals surface area (Å²) in [6.45, 7) is 0.254. The van der Waals surface area contributed by atoms with Crippen molar-refractivity contribution in [2.45, 2.75) is 19.4 Å². The van der Waals surface area contributed by atoms with E-state index in [-0.39, 0.29) is 12.5 Å². The summed E-state index contributed by atoms with van der Waals surface area (Å²) < 4.78 is 5.32. The van der Waals surface area contributed by atoms with Crippen molar-refractivity contribution >= 4 is 23.3 Å². The fourth-order valence-corrected chi connectivity index (χ4v) is 2.48. The molecule has 0 atom stereocenters. The van der Waals surface area contributed by atoms with E-state index < -0.39 is 6.03 Å². The van der Waals surface area contributed by atoms with Crippen LogP contribution in [0.1, 0.15) is 17.7 Å². The number of carbonyl (C=O) groups is 2.